The molecule has 19 heavy (non-hydrogen) atoms. The summed E-state index contributed by atoms with van der Waals surface area (Å²) < 4.78 is 5.05. The largest absolute Gasteiger partial charge is 0.447 e. The quantitative estimate of drug-likeness (QED) is 0.776. The van der Waals surface area contributed by atoms with Crippen LogP contribution in [0.2, 0.25) is 0 Å². The SMILES string of the molecule is O=C(NCc1ncco1)c1cnc2ccccc2c1. The van der Waals surface area contributed by atoms with Crippen molar-refractivity contribution in [3.63, 3.8) is 0 Å². The summed E-state index contributed by atoms with van der Waals surface area (Å²) in [6, 6.07) is 9.47. The van der Waals surface area contributed by atoms with E-state index in [2.05, 4.69) is 15.3 Å². The Morgan fingerprint density at radius 1 is 1.26 bits per heavy atom. The minimum absolute atomic E-state index is 0.198. The lowest BCUT2D eigenvalue weighted by molar-refractivity contribution is 0.0947. The summed E-state index contributed by atoms with van der Waals surface area (Å²) in [7, 11) is 0. The van der Waals surface area contributed by atoms with Crippen LogP contribution < -0.4 is 5.32 Å². The maximum Gasteiger partial charge on any atom is 0.253 e. The number of oxazole rings is 1. The van der Waals surface area contributed by atoms with Gasteiger partial charge in [0.25, 0.3) is 5.91 Å². The number of aromatic nitrogens is 2. The van der Waals surface area contributed by atoms with Gasteiger partial charge < -0.3 is 9.73 Å². The Morgan fingerprint density at radius 3 is 3.00 bits per heavy atom. The fourth-order valence-electron chi connectivity index (χ4n) is 1.79. The van der Waals surface area contributed by atoms with E-state index in [0.29, 0.717) is 11.5 Å². The highest BCUT2D eigenvalue weighted by Crippen LogP contribution is 2.12. The van der Waals surface area contributed by atoms with Crippen molar-refractivity contribution >= 4 is 16.8 Å². The molecule has 0 aliphatic carbocycles. The Hall–Kier alpha value is -2.69. The lowest BCUT2D eigenvalue weighted by Gasteiger charge is -2.03. The molecule has 5 nitrogen and oxygen atoms in total. The van der Waals surface area contributed by atoms with Crippen LogP contribution in [0.15, 0.2) is 53.4 Å². The summed E-state index contributed by atoms with van der Waals surface area (Å²) in [6.07, 6.45) is 4.57. The number of fused-ring (bicyclic) bond motifs is 1. The van der Waals surface area contributed by atoms with Crippen LogP contribution in [-0.2, 0) is 6.54 Å². The Labute approximate surface area is 109 Å². The molecule has 0 aliphatic rings. The number of rotatable bonds is 3. The maximum atomic E-state index is 12.0. The summed E-state index contributed by atoms with van der Waals surface area (Å²) >= 11 is 0. The minimum atomic E-state index is -0.198. The molecule has 1 N–H and O–H groups in total. The van der Waals surface area contributed by atoms with Crippen molar-refractivity contribution in [2.75, 3.05) is 0 Å². The molecule has 0 atom stereocenters. The molecular formula is C14H11N3O2. The topological polar surface area (TPSA) is 68.0 Å². The molecule has 1 aromatic carbocycles. The number of carbonyl (C=O) groups is 1. The predicted molar refractivity (Wildman–Crippen MR) is 69.4 cm³/mol. The second-order valence-electron chi connectivity index (χ2n) is 4.03. The molecule has 0 aliphatic heterocycles. The first-order valence-electron chi connectivity index (χ1n) is 5.84. The smallest absolute Gasteiger partial charge is 0.253 e. The molecule has 0 spiro atoms. The fourth-order valence-corrected chi connectivity index (χ4v) is 1.79. The van der Waals surface area contributed by atoms with Gasteiger partial charge in [-0.25, -0.2) is 4.98 Å². The van der Waals surface area contributed by atoms with E-state index >= 15 is 0 Å². The molecule has 3 aromatic rings. The van der Waals surface area contributed by atoms with Gasteiger partial charge in [-0.1, -0.05) is 18.2 Å². The van der Waals surface area contributed by atoms with E-state index in [1.807, 2.05) is 30.3 Å². The maximum absolute atomic E-state index is 12.0. The van der Waals surface area contributed by atoms with Gasteiger partial charge in [0.2, 0.25) is 5.89 Å². The molecule has 0 fully saturated rings. The monoisotopic (exact) mass is 253 g/mol. The molecule has 5 heteroatoms. The van der Waals surface area contributed by atoms with Crippen LogP contribution in [0.4, 0.5) is 0 Å². The summed E-state index contributed by atoms with van der Waals surface area (Å²) in [5.74, 6) is 0.276. The average Bonchev–Trinajstić information content (AvgIpc) is 2.97. The lowest BCUT2D eigenvalue weighted by Crippen LogP contribution is -2.23. The molecule has 2 heterocycles. The Morgan fingerprint density at radius 2 is 2.16 bits per heavy atom. The zero-order valence-electron chi connectivity index (χ0n) is 10.0. The van der Waals surface area contributed by atoms with Crippen LogP contribution in [0.5, 0.6) is 0 Å². The van der Waals surface area contributed by atoms with E-state index in [1.165, 1.54) is 6.26 Å². The first kappa shape index (κ1) is 11.4. The number of hydrogen-bond acceptors (Lipinski definition) is 4. The summed E-state index contributed by atoms with van der Waals surface area (Å²) in [4.78, 5) is 20.1. The van der Waals surface area contributed by atoms with Crippen LogP contribution in [0, 0.1) is 0 Å². The summed E-state index contributed by atoms with van der Waals surface area (Å²) in [5, 5.41) is 3.67. The van der Waals surface area contributed by atoms with Crippen LogP contribution in [-0.4, -0.2) is 15.9 Å². The number of nitrogens with zero attached hydrogens (tertiary/aromatic N) is 2. The number of carbonyl (C=O) groups excluding carboxylic acids is 1. The van der Waals surface area contributed by atoms with Gasteiger partial charge in [0.1, 0.15) is 6.26 Å². The van der Waals surface area contributed by atoms with Gasteiger partial charge in [-0.3, -0.25) is 9.78 Å². The van der Waals surface area contributed by atoms with Crippen LogP contribution in [0.1, 0.15) is 16.2 Å². The van der Waals surface area contributed by atoms with Crippen molar-refractivity contribution in [2.24, 2.45) is 0 Å². The van der Waals surface area contributed by atoms with Gasteiger partial charge in [0, 0.05) is 11.6 Å². The highest BCUT2D eigenvalue weighted by Gasteiger charge is 2.08. The van der Waals surface area contributed by atoms with Crippen molar-refractivity contribution in [1.82, 2.24) is 15.3 Å². The molecule has 0 bridgehead atoms. The van der Waals surface area contributed by atoms with E-state index in [9.17, 15) is 4.79 Å². The Balaban J connectivity index is 1.77. The zero-order valence-corrected chi connectivity index (χ0v) is 10.0. The van der Waals surface area contributed by atoms with Crippen molar-refractivity contribution < 1.29 is 9.21 Å². The van der Waals surface area contributed by atoms with Gasteiger partial charge in [-0.2, -0.15) is 0 Å². The van der Waals surface area contributed by atoms with Gasteiger partial charge >= 0.3 is 0 Å². The summed E-state index contributed by atoms with van der Waals surface area (Å²) in [6.45, 7) is 0.263. The predicted octanol–water partition coefficient (Wildman–Crippen LogP) is 2.15. The number of pyridine rings is 1. The van der Waals surface area contributed by atoms with Crippen molar-refractivity contribution in [1.29, 1.82) is 0 Å². The molecule has 0 saturated carbocycles. The molecule has 3 rings (SSSR count). The number of para-hydroxylation sites is 1. The Kier molecular flexibility index (Phi) is 2.94. The highest BCUT2D eigenvalue weighted by atomic mass is 16.3. The van der Waals surface area contributed by atoms with Crippen LogP contribution >= 0.6 is 0 Å². The number of nitrogens with one attached hydrogen (secondary N) is 1. The molecule has 0 unspecified atom stereocenters. The lowest BCUT2D eigenvalue weighted by atomic mass is 10.1. The van der Waals surface area contributed by atoms with E-state index in [0.717, 1.165) is 10.9 Å². The van der Waals surface area contributed by atoms with Crippen molar-refractivity contribution in [3.05, 3.63) is 60.4 Å². The van der Waals surface area contributed by atoms with Crippen LogP contribution in [0.3, 0.4) is 0 Å². The Bertz CT molecular complexity index is 708. The molecule has 0 radical (unpaired) electrons. The molecular weight excluding hydrogens is 242 g/mol. The van der Waals surface area contributed by atoms with Gasteiger partial charge in [0.05, 0.1) is 23.8 Å². The molecule has 94 valence electrons. The van der Waals surface area contributed by atoms with Gasteiger partial charge in [-0.15, -0.1) is 0 Å². The molecule has 0 saturated heterocycles. The van der Waals surface area contributed by atoms with E-state index < -0.39 is 0 Å². The number of hydrogen-bond donors (Lipinski definition) is 1. The number of amides is 1. The van der Waals surface area contributed by atoms with Crippen molar-refractivity contribution in [2.45, 2.75) is 6.54 Å². The van der Waals surface area contributed by atoms with Gasteiger partial charge in [0.15, 0.2) is 0 Å². The van der Waals surface area contributed by atoms with E-state index in [-0.39, 0.29) is 12.5 Å². The zero-order chi connectivity index (χ0) is 13.1. The third-order valence-corrected chi connectivity index (χ3v) is 2.74. The second kappa shape index (κ2) is 4.89. The normalized spacial score (nSPS) is 10.5. The fraction of sp³-hybridized carbons (Fsp3) is 0.0714. The minimum Gasteiger partial charge on any atom is -0.447 e. The molecule has 2 aromatic heterocycles. The second-order valence-corrected chi connectivity index (χ2v) is 4.03. The van der Waals surface area contributed by atoms with E-state index in [4.69, 9.17) is 4.42 Å². The summed E-state index contributed by atoms with van der Waals surface area (Å²) in [5.41, 5.74) is 1.39. The van der Waals surface area contributed by atoms with Gasteiger partial charge in [-0.05, 0) is 12.1 Å². The first-order chi connectivity index (χ1) is 9.33. The number of benzene rings is 1. The first-order valence-corrected chi connectivity index (χ1v) is 5.84. The third-order valence-electron chi connectivity index (χ3n) is 2.74. The van der Waals surface area contributed by atoms with E-state index in [1.54, 1.807) is 12.4 Å². The molecule has 1 amide bonds. The van der Waals surface area contributed by atoms with Crippen molar-refractivity contribution in [3.8, 4) is 0 Å². The average molecular weight is 253 g/mol. The highest BCUT2D eigenvalue weighted by molar-refractivity contribution is 5.97. The van der Waals surface area contributed by atoms with Crippen LogP contribution in [0.25, 0.3) is 10.9 Å². The standard InChI is InChI=1S/C14H11N3O2/c18-14(17-9-13-15-5-6-19-13)11-7-10-3-1-2-4-12(10)16-8-11/h1-8H,9H2,(H,17,18). The third kappa shape index (κ3) is 2.44.